The molecular formula is C8H14N2O2. The van der Waals surface area contributed by atoms with E-state index in [1.54, 1.807) is 0 Å². The van der Waals surface area contributed by atoms with Gasteiger partial charge in [0.05, 0.1) is 6.61 Å². The molecular weight excluding hydrogens is 156 g/mol. The number of carbonyl (C=O) groups is 1. The van der Waals surface area contributed by atoms with E-state index < -0.39 is 0 Å². The van der Waals surface area contributed by atoms with E-state index in [1.807, 2.05) is 0 Å². The van der Waals surface area contributed by atoms with Crippen molar-refractivity contribution in [2.24, 2.45) is 5.92 Å². The minimum atomic E-state index is 0.0319. The predicted octanol–water partition coefficient (Wildman–Crippen LogP) is -0.889. The average Bonchev–Trinajstić information content (AvgIpc) is 2.25. The first-order chi connectivity index (χ1) is 5.86. The van der Waals surface area contributed by atoms with E-state index in [2.05, 4.69) is 10.6 Å². The highest BCUT2D eigenvalue weighted by Gasteiger charge is 2.28. The van der Waals surface area contributed by atoms with Crippen molar-refractivity contribution >= 4 is 5.91 Å². The zero-order chi connectivity index (χ0) is 8.39. The third kappa shape index (κ3) is 1.59. The summed E-state index contributed by atoms with van der Waals surface area (Å²) in [4.78, 5) is 11.1. The van der Waals surface area contributed by atoms with Gasteiger partial charge in [-0.3, -0.25) is 4.79 Å². The molecule has 2 N–H and O–H groups in total. The summed E-state index contributed by atoms with van der Waals surface area (Å²) >= 11 is 0. The molecule has 2 aliphatic rings. The van der Waals surface area contributed by atoms with Crippen molar-refractivity contribution in [1.82, 2.24) is 10.6 Å². The van der Waals surface area contributed by atoms with Crippen molar-refractivity contribution in [3.63, 3.8) is 0 Å². The Kier molecular flexibility index (Phi) is 2.28. The van der Waals surface area contributed by atoms with Crippen molar-refractivity contribution in [3.8, 4) is 0 Å². The second kappa shape index (κ2) is 3.41. The number of hydrogen-bond acceptors (Lipinski definition) is 3. The van der Waals surface area contributed by atoms with Gasteiger partial charge in [-0.15, -0.1) is 0 Å². The molecule has 0 spiro atoms. The lowest BCUT2D eigenvalue weighted by Gasteiger charge is -2.29. The smallest absolute Gasteiger partial charge is 0.246 e. The summed E-state index contributed by atoms with van der Waals surface area (Å²) in [6.07, 6.45) is 1.03. The van der Waals surface area contributed by atoms with Crippen molar-refractivity contribution in [1.29, 1.82) is 0 Å². The van der Waals surface area contributed by atoms with Crippen LogP contribution in [0.2, 0.25) is 0 Å². The largest absolute Gasteiger partial charge is 0.371 e. The van der Waals surface area contributed by atoms with Gasteiger partial charge < -0.3 is 15.4 Å². The third-order valence-electron chi connectivity index (χ3n) is 2.52. The Morgan fingerprint density at radius 3 is 3.33 bits per heavy atom. The first kappa shape index (κ1) is 8.01. The minimum Gasteiger partial charge on any atom is -0.371 e. The van der Waals surface area contributed by atoms with Crippen LogP contribution < -0.4 is 10.6 Å². The molecule has 2 fully saturated rings. The number of piperidine rings is 1. The Balaban J connectivity index is 2.01. The number of carbonyl (C=O) groups excluding carboxylic acids is 1. The number of fused-ring (bicyclic) bond motifs is 1. The molecule has 12 heavy (non-hydrogen) atoms. The summed E-state index contributed by atoms with van der Waals surface area (Å²) in [5, 5.41) is 6.27. The van der Waals surface area contributed by atoms with Crippen LogP contribution in [0.3, 0.4) is 0 Å². The fourth-order valence-electron chi connectivity index (χ4n) is 1.84. The van der Waals surface area contributed by atoms with Crippen molar-refractivity contribution in [3.05, 3.63) is 0 Å². The van der Waals surface area contributed by atoms with Crippen LogP contribution in [0.15, 0.2) is 0 Å². The van der Waals surface area contributed by atoms with E-state index in [9.17, 15) is 4.79 Å². The van der Waals surface area contributed by atoms with Crippen LogP contribution in [0.25, 0.3) is 0 Å². The van der Waals surface area contributed by atoms with Gasteiger partial charge in [-0.05, 0) is 13.0 Å². The maximum absolute atomic E-state index is 11.1. The molecule has 0 aromatic heterocycles. The van der Waals surface area contributed by atoms with E-state index >= 15 is 0 Å². The van der Waals surface area contributed by atoms with Gasteiger partial charge in [0, 0.05) is 18.5 Å². The van der Waals surface area contributed by atoms with Gasteiger partial charge in [0.25, 0.3) is 0 Å². The standard InChI is InChI=1S/C8H14N2O2/c11-8-5-12-4-6-3-9-2-1-7(6)10-8/h6-7,9H,1-5H2,(H,10,11)/t6-,7-/m0/s1. The summed E-state index contributed by atoms with van der Waals surface area (Å²) < 4.78 is 5.22. The van der Waals surface area contributed by atoms with E-state index in [0.717, 1.165) is 19.5 Å². The van der Waals surface area contributed by atoms with Crippen LogP contribution in [0.1, 0.15) is 6.42 Å². The van der Waals surface area contributed by atoms with Gasteiger partial charge >= 0.3 is 0 Å². The molecule has 0 aromatic rings. The average molecular weight is 170 g/mol. The monoisotopic (exact) mass is 170 g/mol. The summed E-state index contributed by atoms with van der Waals surface area (Å²) in [5.74, 6) is 0.495. The number of hydrogen-bond donors (Lipinski definition) is 2. The zero-order valence-corrected chi connectivity index (χ0v) is 7.01. The lowest BCUT2D eigenvalue weighted by Crippen LogP contribution is -2.49. The quantitative estimate of drug-likeness (QED) is 0.496. The Hall–Kier alpha value is -0.610. The normalized spacial score (nSPS) is 36.5. The van der Waals surface area contributed by atoms with E-state index in [1.165, 1.54) is 0 Å². The molecule has 0 bridgehead atoms. The lowest BCUT2D eigenvalue weighted by molar-refractivity contribution is -0.124. The molecule has 0 unspecified atom stereocenters. The Labute approximate surface area is 71.7 Å². The van der Waals surface area contributed by atoms with Gasteiger partial charge in [-0.2, -0.15) is 0 Å². The Morgan fingerprint density at radius 2 is 2.42 bits per heavy atom. The highest BCUT2D eigenvalue weighted by atomic mass is 16.5. The molecule has 2 atom stereocenters. The van der Waals surface area contributed by atoms with Crippen molar-refractivity contribution < 1.29 is 9.53 Å². The second-order valence-corrected chi connectivity index (χ2v) is 3.44. The fraction of sp³-hybridized carbons (Fsp3) is 0.875. The van der Waals surface area contributed by atoms with Gasteiger partial charge in [0.15, 0.2) is 0 Å². The van der Waals surface area contributed by atoms with E-state index in [4.69, 9.17) is 4.74 Å². The van der Waals surface area contributed by atoms with Crippen LogP contribution in [-0.4, -0.2) is 38.3 Å². The highest BCUT2D eigenvalue weighted by Crippen LogP contribution is 2.13. The van der Waals surface area contributed by atoms with E-state index in [-0.39, 0.29) is 12.5 Å². The number of rotatable bonds is 0. The van der Waals surface area contributed by atoms with Crippen molar-refractivity contribution in [2.75, 3.05) is 26.3 Å². The highest BCUT2D eigenvalue weighted by molar-refractivity contribution is 5.77. The number of amides is 1. The molecule has 2 heterocycles. The molecule has 0 aliphatic carbocycles. The second-order valence-electron chi connectivity index (χ2n) is 3.44. The Bertz CT molecular complexity index is 184. The molecule has 4 heteroatoms. The summed E-state index contributed by atoms with van der Waals surface area (Å²) in [6, 6.07) is 0.334. The van der Waals surface area contributed by atoms with Gasteiger partial charge in [-0.1, -0.05) is 0 Å². The van der Waals surface area contributed by atoms with Crippen LogP contribution >= 0.6 is 0 Å². The molecule has 2 rings (SSSR count). The molecule has 2 saturated heterocycles. The summed E-state index contributed by atoms with van der Waals surface area (Å²) in [7, 11) is 0. The van der Waals surface area contributed by atoms with Crippen LogP contribution in [0.4, 0.5) is 0 Å². The SMILES string of the molecule is O=C1COC[C@@H]2CNCC[C@@H]2N1. The number of ether oxygens (including phenoxy) is 1. The van der Waals surface area contributed by atoms with Gasteiger partial charge in [0.2, 0.25) is 5.91 Å². The maximum atomic E-state index is 11.1. The van der Waals surface area contributed by atoms with Crippen molar-refractivity contribution in [2.45, 2.75) is 12.5 Å². The van der Waals surface area contributed by atoms with Gasteiger partial charge in [-0.25, -0.2) is 0 Å². The molecule has 4 nitrogen and oxygen atoms in total. The molecule has 1 amide bonds. The minimum absolute atomic E-state index is 0.0319. The molecule has 0 saturated carbocycles. The first-order valence-corrected chi connectivity index (χ1v) is 4.44. The lowest BCUT2D eigenvalue weighted by atomic mass is 9.94. The third-order valence-corrected chi connectivity index (χ3v) is 2.52. The maximum Gasteiger partial charge on any atom is 0.246 e. The van der Waals surface area contributed by atoms with E-state index in [0.29, 0.717) is 18.6 Å². The predicted molar refractivity (Wildman–Crippen MR) is 43.7 cm³/mol. The molecule has 68 valence electrons. The van der Waals surface area contributed by atoms with Crippen LogP contribution in [-0.2, 0) is 9.53 Å². The molecule has 2 aliphatic heterocycles. The topological polar surface area (TPSA) is 50.4 Å². The summed E-state index contributed by atoms with van der Waals surface area (Å²) in [6.45, 7) is 2.90. The van der Waals surface area contributed by atoms with Crippen LogP contribution in [0.5, 0.6) is 0 Å². The fourth-order valence-corrected chi connectivity index (χ4v) is 1.84. The Morgan fingerprint density at radius 1 is 1.50 bits per heavy atom. The number of nitrogens with one attached hydrogen (secondary N) is 2. The molecule has 0 aromatic carbocycles. The van der Waals surface area contributed by atoms with Crippen LogP contribution in [0, 0.1) is 5.92 Å². The molecule has 0 radical (unpaired) electrons. The summed E-state index contributed by atoms with van der Waals surface area (Å²) in [5.41, 5.74) is 0. The van der Waals surface area contributed by atoms with Gasteiger partial charge in [0.1, 0.15) is 6.61 Å². The first-order valence-electron chi connectivity index (χ1n) is 4.44. The zero-order valence-electron chi connectivity index (χ0n) is 7.01.